The van der Waals surface area contributed by atoms with E-state index in [4.69, 9.17) is 9.47 Å². The van der Waals surface area contributed by atoms with Gasteiger partial charge in [-0.3, -0.25) is 4.57 Å². The highest BCUT2D eigenvalue weighted by Crippen LogP contribution is 2.24. The molecular formula is C22H19F2N3O5. The zero-order chi connectivity index (χ0) is 22.5. The third-order valence-corrected chi connectivity index (χ3v) is 4.77. The molecule has 32 heavy (non-hydrogen) atoms. The predicted octanol–water partition coefficient (Wildman–Crippen LogP) is 4.55. The molecule has 10 heteroatoms. The topological polar surface area (TPSA) is 88.7 Å². The number of hydrogen-bond donors (Lipinski definition) is 0. The number of fused-ring (bicyclic) bond motifs is 1. The van der Waals surface area contributed by atoms with E-state index in [-0.39, 0.29) is 30.3 Å². The van der Waals surface area contributed by atoms with Gasteiger partial charge in [0.15, 0.2) is 0 Å². The van der Waals surface area contributed by atoms with Crippen molar-refractivity contribution in [3.8, 4) is 22.9 Å². The summed E-state index contributed by atoms with van der Waals surface area (Å²) in [6, 6.07) is 14.4. The van der Waals surface area contributed by atoms with Gasteiger partial charge in [0.25, 0.3) is 0 Å². The van der Waals surface area contributed by atoms with Crippen molar-refractivity contribution in [2.75, 3.05) is 13.2 Å². The van der Waals surface area contributed by atoms with Crippen molar-refractivity contribution in [1.82, 2.24) is 9.55 Å². The molecule has 0 radical (unpaired) electrons. The van der Waals surface area contributed by atoms with Crippen LogP contribution in [0.2, 0.25) is 0 Å². The van der Waals surface area contributed by atoms with Crippen LogP contribution in [-0.4, -0.2) is 40.4 Å². The van der Waals surface area contributed by atoms with Gasteiger partial charge in [0.2, 0.25) is 0 Å². The normalized spacial score (nSPS) is 15.5. The first kappa shape index (κ1) is 21.4. The van der Waals surface area contributed by atoms with E-state index in [9.17, 15) is 18.9 Å². The van der Waals surface area contributed by atoms with E-state index in [0.717, 1.165) is 16.7 Å². The Bertz CT molecular complexity index is 1100. The molecule has 0 saturated carbocycles. The Labute approximate surface area is 181 Å². The Morgan fingerprint density at radius 2 is 1.88 bits per heavy atom. The van der Waals surface area contributed by atoms with E-state index in [0.29, 0.717) is 13.2 Å². The quantitative estimate of drug-likeness (QED) is 0.375. The molecule has 0 unspecified atom stereocenters. The van der Waals surface area contributed by atoms with Crippen LogP contribution in [0, 0.1) is 10.1 Å². The van der Waals surface area contributed by atoms with Crippen LogP contribution in [0.3, 0.4) is 0 Å². The van der Waals surface area contributed by atoms with E-state index in [1.807, 2.05) is 36.4 Å². The Kier molecular flexibility index (Phi) is 6.41. The van der Waals surface area contributed by atoms with Gasteiger partial charge in [-0.05, 0) is 33.7 Å². The van der Waals surface area contributed by atoms with E-state index in [1.54, 1.807) is 16.7 Å². The van der Waals surface area contributed by atoms with Crippen molar-refractivity contribution >= 4 is 11.9 Å². The summed E-state index contributed by atoms with van der Waals surface area (Å²) in [4.78, 5) is 14.0. The number of rotatable bonds is 8. The molecular weight excluding hydrogens is 424 g/mol. The van der Waals surface area contributed by atoms with Gasteiger partial charge < -0.3 is 24.3 Å². The first-order valence-electron chi connectivity index (χ1n) is 9.76. The monoisotopic (exact) mass is 443 g/mol. The van der Waals surface area contributed by atoms with E-state index in [1.165, 1.54) is 18.3 Å². The maximum atomic E-state index is 12.2. The third kappa shape index (κ3) is 5.27. The number of ether oxygens (including phenoxy) is 3. The van der Waals surface area contributed by atoms with Crippen LogP contribution in [0.1, 0.15) is 5.56 Å². The van der Waals surface area contributed by atoms with Crippen LogP contribution < -0.4 is 9.47 Å². The maximum absolute atomic E-state index is 12.2. The minimum atomic E-state index is -2.84. The van der Waals surface area contributed by atoms with Crippen LogP contribution in [-0.2, 0) is 11.3 Å². The van der Waals surface area contributed by atoms with Crippen LogP contribution in [0.25, 0.3) is 17.2 Å². The van der Waals surface area contributed by atoms with E-state index >= 15 is 0 Å². The molecule has 4 rings (SSSR count). The number of aromatic nitrogens is 2. The number of benzene rings is 2. The molecule has 0 spiro atoms. The second-order valence-electron chi connectivity index (χ2n) is 6.98. The zero-order valence-corrected chi connectivity index (χ0v) is 16.8. The van der Waals surface area contributed by atoms with E-state index in [2.05, 4.69) is 9.72 Å². The van der Waals surface area contributed by atoms with Crippen molar-refractivity contribution in [1.29, 1.82) is 0 Å². The predicted molar refractivity (Wildman–Crippen MR) is 112 cm³/mol. The van der Waals surface area contributed by atoms with Crippen LogP contribution >= 0.6 is 0 Å². The molecule has 0 bridgehead atoms. The van der Waals surface area contributed by atoms with Crippen molar-refractivity contribution in [2.24, 2.45) is 0 Å². The average molecular weight is 443 g/mol. The standard InChI is InChI=1S/C22H19F2N3O5/c23-21(24)32-18-9-7-17(8-10-18)16-5-3-15(4-6-16)2-1-11-30-19-12-26-13-20(27(28)29)25-22(26)31-14-19/h1-10,13,19,21H,11-12,14H2/b2-1+/t19-/m0/s1. The third-order valence-electron chi connectivity index (χ3n) is 4.77. The summed E-state index contributed by atoms with van der Waals surface area (Å²) < 4.78 is 41.6. The minimum absolute atomic E-state index is 0.120. The van der Waals surface area contributed by atoms with Gasteiger partial charge in [0.05, 0.1) is 13.2 Å². The lowest BCUT2D eigenvalue weighted by atomic mass is 10.0. The highest BCUT2D eigenvalue weighted by atomic mass is 19.3. The lowest BCUT2D eigenvalue weighted by Crippen LogP contribution is -2.32. The molecule has 1 aliphatic heterocycles. The molecule has 2 aromatic carbocycles. The van der Waals surface area contributed by atoms with Crippen molar-refractivity contribution in [2.45, 2.75) is 19.3 Å². The van der Waals surface area contributed by atoms with Crippen molar-refractivity contribution < 1.29 is 27.9 Å². The number of hydrogen-bond acceptors (Lipinski definition) is 6. The number of nitrogens with zero attached hydrogens (tertiary/aromatic N) is 3. The molecule has 0 amide bonds. The molecule has 3 aromatic rings. The lowest BCUT2D eigenvalue weighted by Gasteiger charge is -2.21. The van der Waals surface area contributed by atoms with Gasteiger partial charge in [0, 0.05) is 4.98 Å². The highest BCUT2D eigenvalue weighted by molar-refractivity contribution is 5.66. The largest absolute Gasteiger partial charge is 0.443 e. The molecule has 0 fully saturated rings. The Balaban J connectivity index is 1.27. The molecule has 1 aliphatic rings. The van der Waals surface area contributed by atoms with Crippen LogP contribution in [0.15, 0.2) is 60.8 Å². The zero-order valence-electron chi connectivity index (χ0n) is 16.8. The Hall–Kier alpha value is -3.79. The molecule has 2 heterocycles. The van der Waals surface area contributed by atoms with Crippen molar-refractivity contribution in [3.05, 3.63) is 76.5 Å². The lowest BCUT2D eigenvalue weighted by molar-refractivity contribution is -0.389. The fourth-order valence-corrected chi connectivity index (χ4v) is 3.25. The highest BCUT2D eigenvalue weighted by Gasteiger charge is 2.27. The summed E-state index contributed by atoms with van der Waals surface area (Å²) in [5.74, 6) is -0.129. The van der Waals surface area contributed by atoms with Crippen LogP contribution in [0.4, 0.5) is 14.6 Å². The summed E-state index contributed by atoms with van der Waals surface area (Å²) in [6.45, 7) is -1.78. The first-order chi connectivity index (χ1) is 15.5. The Morgan fingerprint density at radius 1 is 1.19 bits per heavy atom. The average Bonchev–Trinajstić information content (AvgIpc) is 3.21. The molecule has 0 saturated heterocycles. The SMILES string of the molecule is O=[N+]([O-])c1cn2c(n1)OC[C@@H](OC/C=C/c1ccc(-c3ccc(OC(F)F)cc3)cc1)C2. The van der Waals surface area contributed by atoms with Gasteiger partial charge in [-0.15, -0.1) is 0 Å². The molecule has 1 aromatic heterocycles. The molecule has 0 aliphatic carbocycles. The molecule has 0 N–H and O–H groups in total. The second-order valence-corrected chi connectivity index (χ2v) is 6.98. The summed E-state index contributed by atoms with van der Waals surface area (Å²) in [5, 5.41) is 10.8. The van der Waals surface area contributed by atoms with Gasteiger partial charge >= 0.3 is 18.4 Å². The van der Waals surface area contributed by atoms with Crippen LogP contribution in [0.5, 0.6) is 11.8 Å². The fourth-order valence-electron chi connectivity index (χ4n) is 3.25. The van der Waals surface area contributed by atoms with Gasteiger partial charge in [-0.2, -0.15) is 8.78 Å². The number of imidazole rings is 1. The van der Waals surface area contributed by atoms with Gasteiger partial charge in [-0.25, -0.2) is 0 Å². The first-order valence-corrected chi connectivity index (χ1v) is 9.76. The summed E-state index contributed by atoms with van der Waals surface area (Å²) in [5.41, 5.74) is 2.82. The summed E-state index contributed by atoms with van der Waals surface area (Å²) in [7, 11) is 0. The Morgan fingerprint density at radius 3 is 2.53 bits per heavy atom. The fraction of sp³-hybridized carbons (Fsp3) is 0.227. The number of halogens is 2. The molecule has 166 valence electrons. The van der Waals surface area contributed by atoms with Crippen molar-refractivity contribution in [3.63, 3.8) is 0 Å². The molecule has 1 atom stereocenters. The second kappa shape index (κ2) is 9.56. The number of alkyl halides is 2. The minimum Gasteiger partial charge on any atom is -0.443 e. The van der Waals surface area contributed by atoms with Gasteiger partial charge in [0.1, 0.15) is 24.7 Å². The maximum Gasteiger partial charge on any atom is 0.414 e. The summed E-state index contributed by atoms with van der Waals surface area (Å²) >= 11 is 0. The summed E-state index contributed by atoms with van der Waals surface area (Å²) in [6.07, 6.45) is 4.89. The number of nitro groups is 1. The van der Waals surface area contributed by atoms with Gasteiger partial charge in [-0.1, -0.05) is 48.6 Å². The molecule has 8 nitrogen and oxygen atoms in total. The smallest absolute Gasteiger partial charge is 0.414 e. The van der Waals surface area contributed by atoms with E-state index < -0.39 is 11.5 Å².